The molecule has 1 unspecified atom stereocenters. The molecule has 0 aromatic carbocycles. The highest BCUT2D eigenvalue weighted by Crippen LogP contribution is 2.27. The molecule has 0 N–H and O–H groups in total. The maximum atomic E-state index is 12.5. The second-order valence-corrected chi connectivity index (χ2v) is 6.74. The van der Waals surface area contributed by atoms with Gasteiger partial charge in [0.2, 0.25) is 0 Å². The number of aromatic nitrogens is 2. The fourth-order valence-corrected chi connectivity index (χ4v) is 3.37. The lowest BCUT2D eigenvalue weighted by molar-refractivity contribution is 0.0702. The molecule has 6 nitrogen and oxygen atoms in total. The van der Waals surface area contributed by atoms with Crippen LogP contribution in [-0.4, -0.2) is 59.0 Å². The van der Waals surface area contributed by atoms with E-state index in [-0.39, 0.29) is 5.91 Å². The number of hydrogen-bond acceptors (Lipinski definition) is 4. The molecule has 0 spiro atoms. The summed E-state index contributed by atoms with van der Waals surface area (Å²) in [6, 6.07) is 1.73. The minimum atomic E-state index is 0.0548. The Hall–Kier alpha value is -2.08. The van der Waals surface area contributed by atoms with Gasteiger partial charge in [0.05, 0.1) is 11.8 Å². The summed E-state index contributed by atoms with van der Waals surface area (Å²) < 4.78 is 7.29. The summed E-state index contributed by atoms with van der Waals surface area (Å²) in [7, 11) is 4.19. The quantitative estimate of drug-likeness (QED) is 0.816. The number of hydrogen-bond donors (Lipinski definition) is 0. The third kappa shape index (κ3) is 3.87. The highest BCUT2D eigenvalue weighted by atomic mass is 16.3. The fourth-order valence-electron chi connectivity index (χ4n) is 3.37. The zero-order valence-electron chi connectivity index (χ0n) is 14.5. The zero-order chi connectivity index (χ0) is 16.9. The molecule has 0 aliphatic carbocycles. The highest BCUT2D eigenvalue weighted by molar-refractivity contribution is 5.93. The summed E-state index contributed by atoms with van der Waals surface area (Å²) in [6.07, 6.45) is 10.2. The van der Waals surface area contributed by atoms with Crippen molar-refractivity contribution >= 4 is 5.91 Å². The Morgan fingerprint density at radius 3 is 3.08 bits per heavy atom. The first-order valence-electron chi connectivity index (χ1n) is 8.62. The molecule has 0 bridgehead atoms. The predicted octanol–water partition coefficient (Wildman–Crippen LogP) is 2.45. The van der Waals surface area contributed by atoms with Crippen molar-refractivity contribution in [3.63, 3.8) is 0 Å². The first kappa shape index (κ1) is 16.8. The van der Waals surface area contributed by atoms with Crippen LogP contribution in [0.25, 0.3) is 0 Å². The van der Waals surface area contributed by atoms with E-state index in [1.165, 1.54) is 6.26 Å². The standard InChI is InChI=1S/C18H26N4O2/c1-20(2)8-4-10-21-11-7-19-17(21)15-5-3-9-22(13-15)18(23)16-6-12-24-14-16/h6-7,11-12,14-15H,3-5,8-10,13H2,1-2H3. The highest BCUT2D eigenvalue weighted by Gasteiger charge is 2.28. The molecule has 130 valence electrons. The topological polar surface area (TPSA) is 54.5 Å². The number of piperidine rings is 1. The number of furan rings is 1. The van der Waals surface area contributed by atoms with E-state index in [4.69, 9.17) is 4.42 Å². The molecule has 1 aliphatic rings. The van der Waals surface area contributed by atoms with Gasteiger partial charge in [-0.25, -0.2) is 4.98 Å². The van der Waals surface area contributed by atoms with E-state index < -0.39 is 0 Å². The molecule has 1 aliphatic heterocycles. The van der Waals surface area contributed by atoms with Crippen molar-refractivity contribution in [2.45, 2.75) is 31.7 Å². The molecule has 1 saturated heterocycles. The van der Waals surface area contributed by atoms with Crippen LogP contribution in [0, 0.1) is 0 Å². The number of aryl methyl sites for hydroxylation is 1. The van der Waals surface area contributed by atoms with Gasteiger partial charge in [0.25, 0.3) is 5.91 Å². The number of carbonyl (C=O) groups is 1. The fraction of sp³-hybridized carbons (Fsp3) is 0.556. The van der Waals surface area contributed by atoms with Crippen molar-refractivity contribution in [1.82, 2.24) is 19.4 Å². The van der Waals surface area contributed by atoms with Crippen molar-refractivity contribution in [3.8, 4) is 0 Å². The molecule has 6 heteroatoms. The van der Waals surface area contributed by atoms with Crippen molar-refractivity contribution in [1.29, 1.82) is 0 Å². The Balaban J connectivity index is 1.65. The lowest BCUT2D eigenvalue weighted by Crippen LogP contribution is -2.39. The van der Waals surface area contributed by atoms with Gasteiger partial charge < -0.3 is 18.8 Å². The van der Waals surface area contributed by atoms with Gasteiger partial charge in [-0.05, 0) is 46.0 Å². The molecule has 1 amide bonds. The van der Waals surface area contributed by atoms with Crippen LogP contribution in [-0.2, 0) is 6.54 Å². The van der Waals surface area contributed by atoms with Crippen LogP contribution in [0.2, 0.25) is 0 Å². The van der Waals surface area contributed by atoms with E-state index in [0.29, 0.717) is 11.5 Å². The van der Waals surface area contributed by atoms with E-state index in [1.54, 1.807) is 12.3 Å². The molecule has 1 fully saturated rings. The lowest BCUT2D eigenvalue weighted by atomic mass is 9.96. The number of nitrogens with zero attached hydrogens (tertiary/aromatic N) is 4. The van der Waals surface area contributed by atoms with Crippen LogP contribution in [0.4, 0.5) is 0 Å². The molecule has 2 aromatic rings. The third-order valence-corrected chi connectivity index (χ3v) is 4.59. The first-order chi connectivity index (χ1) is 11.6. The largest absolute Gasteiger partial charge is 0.472 e. The van der Waals surface area contributed by atoms with Gasteiger partial charge in [0, 0.05) is 37.9 Å². The summed E-state index contributed by atoms with van der Waals surface area (Å²) in [5.74, 6) is 1.47. The van der Waals surface area contributed by atoms with Gasteiger partial charge in [-0.2, -0.15) is 0 Å². The summed E-state index contributed by atoms with van der Waals surface area (Å²) in [5, 5.41) is 0. The third-order valence-electron chi connectivity index (χ3n) is 4.59. The summed E-state index contributed by atoms with van der Waals surface area (Å²) in [6.45, 7) is 3.57. The lowest BCUT2D eigenvalue weighted by Gasteiger charge is -2.32. The van der Waals surface area contributed by atoms with Crippen LogP contribution in [0.5, 0.6) is 0 Å². The maximum absolute atomic E-state index is 12.5. The Morgan fingerprint density at radius 1 is 1.46 bits per heavy atom. The van der Waals surface area contributed by atoms with Crippen LogP contribution in [0.15, 0.2) is 35.4 Å². The Morgan fingerprint density at radius 2 is 2.33 bits per heavy atom. The van der Waals surface area contributed by atoms with Crippen LogP contribution in [0.3, 0.4) is 0 Å². The van der Waals surface area contributed by atoms with Crippen molar-refractivity contribution < 1.29 is 9.21 Å². The van der Waals surface area contributed by atoms with Gasteiger partial charge in [-0.3, -0.25) is 4.79 Å². The van der Waals surface area contributed by atoms with Crippen molar-refractivity contribution in [3.05, 3.63) is 42.4 Å². The number of imidazole rings is 1. The van der Waals surface area contributed by atoms with Crippen LogP contribution >= 0.6 is 0 Å². The van der Waals surface area contributed by atoms with Gasteiger partial charge in [-0.1, -0.05) is 0 Å². The molecular formula is C18H26N4O2. The average molecular weight is 330 g/mol. The van der Waals surface area contributed by atoms with Gasteiger partial charge in [0.1, 0.15) is 12.1 Å². The number of likely N-dealkylation sites (tertiary alicyclic amines) is 1. The molecule has 0 saturated carbocycles. The van der Waals surface area contributed by atoms with E-state index in [0.717, 1.165) is 51.3 Å². The van der Waals surface area contributed by atoms with E-state index in [2.05, 4.69) is 34.7 Å². The molecular weight excluding hydrogens is 304 g/mol. The summed E-state index contributed by atoms with van der Waals surface area (Å²) in [4.78, 5) is 21.3. The minimum absolute atomic E-state index is 0.0548. The number of carbonyl (C=O) groups excluding carboxylic acids is 1. The smallest absolute Gasteiger partial charge is 0.257 e. The molecule has 3 rings (SSSR count). The Bertz CT molecular complexity index is 648. The van der Waals surface area contributed by atoms with Gasteiger partial charge in [0.15, 0.2) is 0 Å². The molecule has 3 heterocycles. The molecule has 0 radical (unpaired) electrons. The van der Waals surface area contributed by atoms with Crippen molar-refractivity contribution in [2.24, 2.45) is 0 Å². The van der Waals surface area contributed by atoms with Crippen LogP contribution < -0.4 is 0 Å². The van der Waals surface area contributed by atoms with E-state index in [1.807, 2.05) is 11.1 Å². The number of rotatable bonds is 6. The molecule has 2 aromatic heterocycles. The van der Waals surface area contributed by atoms with Crippen molar-refractivity contribution in [2.75, 3.05) is 33.7 Å². The SMILES string of the molecule is CN(C)CCCn1ccnc1C1CCCN(C(=O)c2ccoc2)C1. The normalized spacial score (nSPS) is 18.3. The second kappa shape index (κ2) is 7.66. The van der Waals surface area contributed by atoms with E-state index >= 15 is 0 Å². The monoisotopic (exact) mass is 330 g/mol. The zero-order valence-corrected chi connectivity index (χ0v) is 14.5. The Kier molecular flexibility index (Phi) is 5.35. The second-order valence-electron chi connectivity index (χ2n) is 6.74. The maximum Gasteiger partial charge on any atom is 0.257 e. The predicted molar refractivity (Wildman–Crippen MR) is 92.0 cm³/mol. The molecule has 24 heavy (non-hydrogen) atoms. The van der Waals surface area contributed by atoms with Gasteiger partial charge >= 0.3 is 0 Å². The Labute approximate surface area is 143 Å². The minimum Gasteiger partial charge on any atom is -0.472 e. The van der Waals surface area contributed by atoms with Gasteiger partial charge in [-0.15, -0.1) is 0 Å². The molecule has 1 atom stereocenters. The number of amides is 1. The average Bonchev–Trinajstić information content (AvgIpc) is 3.26. The first-order valence-corrected chi connectivity index (χ1v) is 8.62. The summed E-state index contributed by atoms with van der Waals surface area (Å²) in [5.41, 5.74) is 0.630. The summed E-state index contributed by atoms with van der Waals surface area (Å²) >= 11 is 0. The van der Waals surface area contributed by atoms with Crippen LogP contribution in [0.1, 0.15) is 41.4 Å². The van der Waals surface area contributed by atoms with E-state index in [9.17, 15) is 4.79 Å².